The molecule has 2 amide bonds. The Kier molecular flexibility index (Phi) is 5.99. The zero-order valence-corrected chi connectivity index (χ0v) is 18.3. The number of anilines is 2. The summed E-state index contributed by atoms with van der Waals surface area (Å²) in [5, 5.41) is 0. The zero-order chi connectivity index (χ0) is 21.2. The molecule has 3 saturated heterocycles. The molecular formula is C25H33N3O3. The number of imide groups is 1. The van der Waals surface area contributed by atoms with Gasteiger partial charge < -0.3 is 14.5 Å². The van der Waals surface area contributed by atoms with Gasteiger partial charge in [-0.25, -0.2) is 0 Å². The molecule has 6 heteroatoms. The van der Waals surface area contributed by atoms with Crippen LogP contribution in [0.1, 0.15) is 44.9 Å². The number of amides is 2. The van der Waals surface area contributed by atoms with E-state index in [4.69, 9.17) is 4.74 Å². The van der Waals surface area contributed by atoms with Crippen molar-refractivity contribution in [3.8, 4) is 0 Å². The summed E-state index contributed by atoms with van der Waals surface area (Å²) in [4.78, 5) is 32.6. The molecule has 166 valence electrons. The highest BCUT2D eigenvalue weighted by atomic mass is 16.5. The zero-order valence-electron chi connectivity index (χ0n) is 18.3. The van der Waals surface area contributed by atoms with E-state index in [0.29, 0.717) is 12.1 Å². The molecule has 1 aliphatic carbocycles. The average Bonchev–Trinajstić information content (AvgIpc) is 3.14. The van der Waals surface area contributed by atoms with E-state index in [1.807, 2.05) is 24.3 Å². The molecule has 3 heterocycles. The Labute approximate surface area is 184 Å². The van der Waals surface area contributed by atoms with Crippen molar-refractivity contribution in [1.29, 1.82) is 0 Å². The van der Waals surface area contributed by atoms with Crippen molar-refractivity contribution < 1.29 is 14.3 Å². The molecule has 0 N–H and O–H groups in total. The van der Waals surface area contributed by atoms with Crippen LogP contribution >= 0.6 is 0 Å². The number of morpholine rings is 1. The van der Waals surface area contributed by atoms with Crippen molar-refractivity contribution in [2.75, 3.05) is 49.2 Å². The summed E-state index contributed by atoms with van der Waals surface area (Å²) >= 11 is 0. The van der Waals surface area contributed by atoms with Crippen LogP contribution in [0.3, 0.4) is 0 Å². The lowest BCUT2D eigenvalue weighted by Crippen LogP contribution is -2.38. The van der Waals surface area contributed by atoms with Gasteiger partial charge in [0.15, 0.2) is 0 Å². The van der Waals surface area contributed by atoms with Gasteiger partial charge in [0, 0.05) is 49.9 Å². The van der Waals surface area contributed by atoms with E-state index in [2.05, 4.69) is 15.9 Å². The lowest BCUT2D eigenvalue weighted by molar-refractivity contribution is -0.123. The third-order valence-corrected chi connectivity index (χ3v) is 7.33. The summed E-state index contributed by atoms with van der Waals surface area (Å²) in [5.41, 5.74) is 3.15. The van der Waals surface area contributed by atoms with Gasteiger partial charge in [0.05, 0.1) is 24.8 Å². The highest BCUT2D eigenvalue weighted by Crippen LogP contribution is 2.41. The number of ether oxygens (including phenoxy) is 1. The van der Waals surface area contributed by atoms with Crippen molar-refractivity contribution in [2.24, 2.45) is 11.8 Å². The molecule has 3 aliphatic heterocycles. The standard InChI is InChI=1S/C25H33N3O3/c29-24-18-22(21-6-2-3-7-23(21)27-12-4-1-5-13-27)25(30)28(24)20-10-8-19(9-11-20)26-14-16-31-17-15-26/h7-11,21-22H,1-6,12-18H2. The Morgan fingerprint density at radius 1 is 0.774 bits per heavy atom. The maximum absolute atomic E-state index is 13.5. The van der Waals surface area contributed by atoms with Crippen molar-refractivity contribution in [1.82, 2.24) is 4.90 Å². The summed E-state index contributed by atoms with van der Waals surface area (Å²) in [6, 6.07) is 7.89. The SMILES string of the molecule is O=C1CC(C2CCCC=C2N2CCCCC2)C(=O)N1c1ccc(N2CCOCC2)cc1. The molecule has 0 spiro atoms. The minimum atomic E-state index is -0.222. The summed E-state index contributed by atoms with van der Waals surface area (Å²) in [6.07, 6.45) is 9.63. The fourth-order valence-electron chi connectivity index (χ4n) is 5.69. The summed E-state index contributed by atoms with van der Waals surface area (Å²) in [6.45, 7) is 5.39. The lowest BCUT2D eigenvalue weighted by atomic mass is 9.80. The number of likely N-dealkylation sites (tertiary alicyclic amines) is 1. The normalized spacial score (nSPS) is 27.6. The number of hydrogen-bond acceptors (Lipinski definition) is 5. The van der Waals surface area contributed by atoms with E-state index in [1.165, 1.54) is 29.9 Å². The largest absolute Gasteiger partial charge is 0.378 e. The Bertz CT molecular complexity index is 838. The summed E-state index contributed by atoms with van der Waals surface area (Å²) in [5.74, 6) is -0.113. The molecule has 5 rings (SSSR count). The Morgan fingerprint density at radius 3 is 2.23 bits per heavy atom. The second-order valence-electron chi connectivity index (χ2n) is 9.21. The fraction of sp³-hybridized carbons (Fsp3) is 0.600. The maximum atomic E-state index is 13.5. The third-order valence-electron chi connectivity index (χ3n) is 7.33. The summed E-state index contributed by atoms with van der Waals surface area (Å²) < 4.78 is 5.43. The second kappa shape index (κ2) is 9.03. The molecular weight excluding hydrogens is 390 g/mol. The molecule has 0 bridgehead atoms. The van der Waals surface area contributed by atoms with Crippen LogP contribution in [0.25, 0.3) is 0 Å². The lowest BCUT2D eigenvalue weighted by Gasteiger charge is -2.39. The van der Waals surface area contributed by atoms with Gasteiger partial charge in [-0.15, -0.1) is 0 Å². The predicted octanol–water partition coefficient (Wildman–Crippen LogP) is 3.57. The van der Waals surface area contributed by atoms with Crippen LogP contribution in [0.5, 0.6) is 0 Å². The first-order valence-corrected chi connectivity index (χ1v) is 12.0. The first-order chi connectivity index (χ1) is 15.2. The first kappa shape index (κ1) is 20.6. The van der Waals surface area contributed by atoms with Gasteiger partial charge in [-0.2, -0.15) is 0 Å². The van der Waals surface area contributed by atoms with Gasteiger partial charge in [-0.3, -0.25) is 14.5 Å². The van der Waals surface area contributed by atoms with Gasteiger partial charge in [0.1, 0.15) is 0 Å². The molecule has 0 radical (unpaired) electrons. The predicted molar refractivity (Wildman–Crippen MR) is 121 cm³/mol. The molecule has 0 saturated carbocycles. The quantitative estimate of drug-likeness (QED) is 0.693. The minimum Gasteiger partial charge on any atom is -0.378 e. The fourth-order valence-corrected chi connectivity index (χ4v) is 5.69. The van der Waals surface area contributed by atoms with E-state index in [-0.39, 0.29) is 23.7 Å². The number of carbonyl (C=O) groups excluding carboxylic acids is 2. The van der Waals surface area contributed by atoms with E-state index in [9.17, 15) is 9.59 Å². The van der Waals surface area contributed by atoms with Crippen LogP contribution in [0.4, 0.5) is 11.4 Å². The van der Waals surface area contributed by atoms with Gasteiger partial charge in [-0.1, -0.05) is 6.08 Å². The van der Waals surface area contributed by atoms with E-state index < -0.39 is 0 Å². The number of allylic oxidation sites excluding steroid dienone is 2. The van der Waals surface area contributed by atoms with Crippen LogP contribution in [-0.2, 0) is 14.3 Å². The first-order valence-electron chi connectivity index (χ1n) is 12.0. The van der Waals surface area contributed by atoms with Crippen molar-refractivity contribution >= 4 is 23.2 Å². The number of carbonyl (C=O) groups is 2. The monoisotopic (exact) mass is 423 g/mol. The van der Waals surface area contributed by atoms with Crippen LogP contribution in [0.2, 0.25) is 0 Å². The smallest absolute Gasteiger partial charge is 0.238 e. The number of piperidine rings is 1. The van der Waals surface area contributed by atoms with Gasteiger partial charge in [0.25, 0.3) is 0 Å². The van der Waals surface area contributed by atoms with Crippen LogP contribution in [-0.4, -0.2) is 56.1 Å². The van der Waals surface area contributed by atoms with Gasteiger partial charge in [-0.05, 0) is 62.8 Å². The molecule has 0 aromatic heterocycles. The highest BCUT2D eigenvalue weighted by Gasteiger charge is 2.45. The van der Waals surface area contributed by atoms with Gasteiger partial charge >= 0.3 is 0 Å². The van der Waals surface area contributed by atoms with E-state index in [1.54, 1.807) is 0 Å². The topological polar surface area (TPSA) is 53.1 Å². The molecule has 2 unspecified atom stereocenters. The molecule has 2 atom stereocenters. The van der Waals surface area contributed by atoms with Crippen LogP contribution in [0.15, 0.2) is 36.0 Å². The van der Waals surface area contributed by atoms with Crippen molar-refractivity contribution in [2.45, 2.75) is 44.9 Å². The van der Waals surface area contributed by atoms with Crippen molar-refractivity contribution in [3.05, 3.63) is 36.0 Å². The third kappa shape index (κ3) is 4.10. The molecule has 4 aliphatic rings. The van der Waals surface area contributed by atoms with Crippen molar-refractivity contribution in [3.63, 3.8) is 0 Å². The Morgan fingerprint density at radius 2 is 1.48 bits per heavy atom. The molecule has 31 heavy (non-hydrogen) atoms. The second-order valence-corrected chi connectivity index (χ2v) is 9.21. The molecule has 3 fully saturated rings. The molecule has 1 aromatic rings. The average molecular weight is 424 g/mol. The number of nitrogens with zero attached hydrogens (tertiary/aromatic N) is 3. The Balaban J connectivity index is 1.33. The Hall–Kier alpha value is -2.34. The number of benzene rings is 1. The van der Waals surface area contributed by atoms with E-state index >= 15 is 0 Å². The summed E-state index contributed by atoms with van der Waals surface area (Å²) in [7, 11) is 0. The molecule has 6 nitrogen and oxygen atoms in total. The van der Waals surface area contributed by atoms with Crippen LogP contribution < -0.4 is 9.80 Å². The number of rotatable bonds is 4. The number of hydrogen-bond donors (Lipinski definition) is 0. The minimum absolute atomic E-state index is 0.0149. The van der Waals surface area contributed by atoms with Gasteiger partial charge in [0.2, 0.25) is 11.8 Å². The maximum Gasteiger partial charge on any atom is 0.238 e. The van der Waals surface area contributed by atoms with E-state index in [0.717, 1.165) is 64.3 Å². The highest BCUT2D eigenvalue weighted by molar-refractivity contribution is 6.21. The molecule has 1 aromatic carbocycles. The van der Waals surface area contributed by atoms with Crippen LogP contribution in [0, 0.1) is 11.8 Å².